The van der Waals surface area contributed by atoms with Gasteiger partial charge in [0, 0.05) is 24.5 Å². The molecular weight excluding hydrogens is 286 g/mol. The molecule has 2 aliphatic rings. The Bertz CT molecular complexity index is 541. The van der Waals surface area contributed by atoms with Crippen molar-refractivity contribution in [3.63, 3.8) is 0 Å². The van der Waals surface area contributed by atoms with E-state index in [1.54, 1.807) is 16.7 Å². The zero-order valence-electron chi connectivity index (χ0n) is 11.9. The smallest absolute Gasteiger partial charge is 0.242 e. The normalized spacial score (nSPS) is 19.1. The van der Waals surface area contributed by atoms with E-state index in [2.05, 4.69) is 5.32 Å². The van der Waals surface area contributed by atoms with Crippen LogP contribution >= 0.6 is 11.8 Å². The maximum Gasteiger partial charge on any atom is 0.242 e. The highest BCUT2D eigenvalue weighted by molar-refractivity contribution is 8.00. The van der Waals surface area contributed by atoms with E-state index in [0.717, 1.165) is 43.2 Å². The third kappa shape index (κ3) is 3.22. The van der Waals surface area contributed by atoms with E-state index in [4.69, 9.17) is 0 Å². The largest absolute Gasteiger partial charge is 0.340 e. The van der Waals surface area contributed by atoms with Crippen LogP contribution in [0, 0.1) is 0 Å². The van der Waals surface area contributed by atoms with Gasteiger partial charge in [-0.15, -0.1) is 11.8 Å². The summed E-state index contributed by atoms with van der Waals surface area (Å²) in [6.07, 6.45) is 0.964. The highest BCUT2D eigenvalue weighted by Crippen LogP contribution is 2.34. The number of hydrogen-bond donors (Lipinski definition) is 1. The molecule has 0 aliphatic carbocycles. The fourth-order valence-electron chi connectivity index (χ4n) is 2.66. The lowest BCUT2D eigenvalue weighted by Gasteiger charge is -2.30. The van der Waals surface area contributed by atoms with Crippen LogP contribution in [0.4, 0.5) is 5.69 Å². The predicted molar refractivity (Wildman–Crippen MR) is 83.6 cm³/mol. The quantitative estimate of drug-likeness (QED) is 0.884. The van der Waals surface area contributed by atoms with Gasteiger partial charge in [-0.2, -0.15) is 0 Å². The summed E-state index contributed by atoms with van der Waals surface area (Å²) >= 11 is 1.54. The zero-order chi connectivity index (χ0) is 14.7. The van der Waals surface area contributed by atoms with Crippen LogP contribution in [-0.2, 0) is 9.59 Å². The van der Waals surface area contributed by atoms with Crippen molar-refractivity contribution in [2.75, 3.05) is 43.4 Å². The van der Waals surface area contributed by atoms with E-state index in [1.165, 1.54) is 0 Å². The third-order valence-corrected chi connectivity index (χ3v) is 4.84. The Morgan fingerprint density at radius 2 is 2.10 bits per heavy atom. The van der Waals surface area contributed by atoms with Crippen molar-refractivity contribution in [3.05, 3.63) is 24.3 Å². The summed E-state index contributed by atoms with van der Waals surface area (Å²) in [6, 6.07) is 7.78. The Labute approximate surface area is 128 Å². The topological polar surface area (TPSA) is 52.7 Å². The van der Waals surface area contributed by atoms with Gasteiger partial charge in [-0.1, -0.05) is 12.1 Å². The molecule has 0 aromatic heterocycles. The summed E-state index contributed by atoms with van der Waals surface area (Å²) in [5, 5.41) is 3.28. The monoisotopic (exact) mass is 305 g/mol. The van der Waals surface area contributed by atoms with E-state index in [-0.39, 0.29) is 18.4 Å². The number of anilines is 1. The highest BCUT2D eigenvalue weighted by Gasteiger charge is 2.28. The highest BCUT2D eigenvalue weighted by atomic mass is 32.2. The Hall–Kier alpha value is -1.53. The molecule has 3 rings (SSSR count). The van der Waals surface area contributed by atoms with Crippen molar-refractivity contribution < 1.29 is 9.59 Å². The maximum atomic E-state index is 12.5. The van der Waals surface area contributed by atoms with Gasteiger partial charge in [0.1, 0.15) is 6.54 Å². The summed E-state index contributed by atoms with van der Waals surface area (Å²) in [7, 11) is 0. The number of benzene rings is 1. The Balaban J connectivity index is 1.74. The van der Waals surface area contributed by atoms with E-state index in [0.29, 0.717) is 5.75 Å². The van der Waals surface area contributed by atoms with Crippen molar-refractivity contribution in [2.24, 2.45) is 0 Å². The van der Waals surface area contributed by atoms with Crippen LogP contribution < -0.4 is 10.2 Å². The van der Waals surface area contributed by atoms with Crippen LogP contribution in [0.3, 0.4) is 0 Å². The number of rotatable bonds is 2. The molecule has 0 spiro atoms. The van der Waals surface area contributed by atoms with E-state index in [1.807, 2.05) is 29.2 Å². The summed E-state index contributed by atoms with van der Waals surface area (Å²) < 4.78 is 0. The van der Waals surface area contributed by atoms with Crippen molar-refractivity contribution in [2.45, 2.75) is 11.3 Å². The molecule has 1 fully saturated rings. The van der Waals surface area contributed by atoms with Gasteiger partial charge in [-0.25, -0.2) is 0 Å². The number of thioether (sulfide) groups is 1. The van der Waals surface area contributed by atoms with Gasteiger partial charge in [-0.3, -0.25) is 9.59 Å². The molecule has 1 N–H and O–H groups in total. The molecule has 2 aliphatic heterocycles. The molecule has 1 aromatic carbocycles. The molecule has 1 saturated heterocycles. The summed E-state index contributed by atoms with van der Waals surface area (Å²) in [5.74, 6) is 0.458. The molecular formula is C15H19N3O2S. The first kappa shape index (κ1) is 14.4. The minimum absolute atomic E-state index is 0.0139. The minimum Gasteiger partial charge on any atom is -0.340 e. The standard InChI is InChI=1S/C15H19N3O2S/c19-14(17-8-3-6-16-7-9-17)10-18-12-4-1-2-5-13(12)21-11-15(18)20/h1-2,4-5,16H,3,6-11H2. The number of fused-ring (bicyclic) bond motifs is 1. The first-order valence-corrected chi connectivity index (χ1v) is 8.25. The van der Waals surface area contributed by atoms with Gasteiger partial charge in [0.2, 0.25) is 11.8 Å². The molecule has 112 valence electrons. The van der Waals surface area contributed by atoms with Gasteiger partial charge >= 0.3 is 0 Å². The van der Waals surface area contributed by atoms with Crippen LogP contribution in [-0.4, -0.2) is 55.2 Å². The number of para-hydroxylation sites is 1. The fourth-order valence-corrected chi connectivity index (χ4v) is 3.59. The molecule has 0 radical (unpaired) electrons. The average molecular weight is 305 g/mol. The maximum absolute atomic E-state index is 12.5. The van der Waals surface area contributed by atoms with Crippen LogP contribution in [0.2, 0.25) is 0 Å². The fraction of sp³-hybridized carbons (Fsp3) is 0.467. The number of carbonyl (C=O) groups is 2. The SMILES string of the molecule is O=C(CN1C(=O)CSc2ccccc21)N1CCCNCC1. The molecule has 0 unspecified atom stereocenters. The number of hydrogen-bond acceptors (Lipinski definition) is 4. The molecule has 0 saturated carbocycles. The first-order chi connectivity index (χ1) is 10.3. The molecule has 0 atom stereocenters. The lowest BCUT2D eigenvalue weighted by atomic mass is 10.2. The molecule has 6 heteroatoms. The van der Waals surface area contributed by atoms with Crippen molar-refractivity contribution >= 4 is 29.3 Å². The van der Waals surface area contributed by atoms with Crippen molar-refractivity contribution in [1.82, 2.24) is 10.2 Å². The first-order valence-electron chi connectivity index (χ1n) is 7.26. The number of nitrogens with zero attached hydrogens (tertiary/aromatic N) is 2. The van der Waals surface area contributed by atoms with Crippen LogP contribution in [0.5, 0.6) is 0 Å². The molecule has 5 nitrogen and oxygen atoms in total. The Kier molecular flexibility index (Phi) is 4.45. The Morgan fingerprint density at radius 1 is 1.24 bits per heavy atom. The average Bonchev–Trinajstić information content (AvgIpc) is 2.79. The van der Waals surface area contributed by atoms with Crippen molar-refractivity contribution in [1.29, 1.82) is 0 Å². The minimum atomic E-state index is 0.0139. The van der Waals surface area contributed by atoms with Gasteiger partial charge < -0.3 is 15.1 Å². The molecule has 0 bridgehead atoms. The summed E-state index contributed by atoms with van der Waals surface area (Å²) in [6.45, 7) is 3.41. The number of nitrogens with one attached hydrogen (secondary N) is 1. The number of carbonyl (C=O) groups excluding carboxylic acids is 2. The Morgan fingerprint density at radius 3 is 3.00 bits per heavy atom. The third-order valence-electron chi connectivity index (χ3n) is 3.79. The van der Waals surface area contributed by atoms with Crippen LogP contribution in [0.15, 0.2) is 29.2 Å². The van der Waals surface area contributed by atoms with E-state index >= 15 is 0 Å². The van der Waals surface area contributed by atoms with Gasteiger partial charge in [-0.05, 0) is 25.1 Å². The molecule has 2 heterocycles. The molecule has 1 aromatic rings. The lowest BCUT2D eigenvalue weighted by Crippen LogP contribution is -2.45. The van der Waals surface area contributed by atoms with Gasteiger partial charge in [0.25, 0.3) is 0 Å². The second kappa shape index (κ2) is 6.49. The van der Waals surface area contributed by atoms with Crippen LogP contribution in [0.1, 0.15) is 6.42 Å². The second-order valence-corrected chi connectivity index (χ2v) is 6.24. The zero-order valence-corrected chi connectivity index (χ0v) is 12.7. The van der Waals surface area contributed by atoms with Crippen LogP contribution in [0.25, 0.3) is 0 Å². The van der Waals surface area contributed by atoms with E-state index < -0.39 is 0 Å². The molecule has 21 heavy (non-hydrogen) atoms. The lowest BCUT2D eigenvalue weighted by molar-refractivity contribution is -0.131. The molecule has 2 amide bonds. The summed E-state index contributed by atoms with van der Waals surface area (Å²) in [4.78, 5) is 29.2. The van der Waals surface area contributed by atoms with Gasteiger partial charge in [0.05, 0.1) is 11.4 Å². The predicted octanol–water partition coefficient (Wildman–Crippen LogP) is 0.947. The van der Waals surface area contributed by atoms with Gasteiger partial charge in [0.15, 0.2) is 0 Å². The summed E-state index contributed by atoms with van der Waals surface area (Å²) in [5.41, 5.74) is 0.861. The second-order valence-electron chi connectivity index (χ2n) is 5.22. The number of amides is 2. The van der Waals surface area contributed by atoms with E-state index in [9.17, 15) is 9.59 Å². The van der Waals surface area contributed by atoms with Crippen molar-refractivity contribution in [3.8, 4) is 0 Å².